The average Bonchev–Trinajstić information content (AvgIpc) is 3.19. The number of para-hydroxylation sites is 1. The fourth-order valence-corrected chi connectivity index (χ4v) is 8.98. The Hall–Kier alpha value is -5.06. The zero-order valence-corrected chi connectivity index (χ0v) is 38.5. The second-order valence-electron chi connectivity index (χ2n) is 16.5. The lowest BCUT2D eigenvalue weighted by atomic mass is 9.93. The van der Waals surface area contributed by atoms with Gasteiger partial charge in [0.05, 0.1) is 10.5 Å². The van der Waals surface area contributed by atoms with Crippen molar-refractivity contribution < 1.29 is 19.3 Å². The zero-order chi connectivity index (χ0) is 44.4. The smallest absolute Gasteiger partial charge is 0.280 e. The van der Waals surface area contributed by atoms with E-state index in [4.69, 9.17) is 0 Å². The van der Waals surface area contributed by atoms with Gasteiger partial charge in [0.15, 0.2) is 17.3 Å². The Kier molecular flexibility index (Phi) is 21.0. The number of carbonyl (C=O) groups excluding carboxylic acids is 3. The minimum Gasteiger partial charge on any atom is -0.294 e. The van der Waals surface area contributed by atoms with Gasteiger partial charge in [-0.05, 0) is 86.1 Å². The number of Topliss-reactive ketones (excluding diaryl/α,β-unsaturated/α-hetero) is 3. The Morgan fingerprint density at radius 2 is 0.949 bits per heavy atom. The number of rotatable bonds is 12. The van der Waals surface area contributed by atoms with Gasteiger partial charge < -0.3 is 0 Å². The van der Waals surface area contributed by atoms with Crippen molar-refractivity contribution in [2.24, 2.45) is 23.7 Å². The molecule has 0 heterocycles. The Morgan fingerprint density at radius 1 is 0.542 bits per heavy atom. The first kappa shape index (κ1) is 50.1. The van der Waals surface area contributed by atoms with Gasteiger partial charge in [-0.25, -0.2) is 0 Å². The SMILES string of the molecule is CC(C)C(=O)c1cccc(C(=O)C(C)C)c1.CC(C)C(=O)c1ccccc1[N+](=O)[O-].CC(C)P(c1ccccc1)c1ccccc1.Cc1cc(C)c(CC(C)C)c(C)c1. The second-order valence-corrected chi connectivity index (χ2v) is 19.3. The summed E-state index contributed by atoms with van der Waals surface area (Å²) < 4.78 is 0. The van der Waals surface area contributed by atoms with Crippen LogP contribution in [0, 0.1) is 54.6 Å². The van der Waals surface area contributed by atoms with Gasteiger partial charge in [0.25, 0.3) is 5.69 Å². The van der Waals surface area contributed by atoms with Gasteiger partial charge in [-0.2, -0.15) is 0 Å². The van der Waals surface area contributed by atoms with E-state index in [1.165, 1.54) is 45.9 Å². The van der Waals surface area contributed by atoms with Crippen LogP contribution in [0.2, 0.25) is 0 Å². The molecule has 5 aromatic rings. The summed E-state index contributed by atoms with van der Waals surface area (Å²) in [6, 6.07) is 39.3. The van der Waals surface area contributed by atoms with Crippen molar-refractivity contribution in [1.29, 1.82) is 0 Å². The first-order chi connectivity index (χ1) is 27.8. The molecule has 0 aliphatic carbocycles. The molecular formula is C52H66NO5P. The molecule has 0 aliphatic rings. The maximum Gasteiger partial charge on any atom is 0.280 e. The van der Waals surface area contributed by atoms with Gasteiger partial charge in [-0.3, -0.25) is 24.5 Å². The summed E-state index contributed by atoms with van der Waals surface area (Å²) in [5.41, 5.74) is 7.82. The van der Waals surface area contributed by atoms with Crippen molar-refractivity contribution in [3.63, 3.8) is 0 Å². The lowest BCUT2D eigenvalue weighted by molar-refractivity contribution is -0.385. The Morgan fingerprint density at radius 3 is 1.32 bits per heavy atom. The highest BCUT2D eigenvalue weighted by Gasteiger charge is 2.21. The molecule has 0 amide bonds. The molecule has 0 unspecified atom stereocenters. The number of nitro benzene ring substituents is 1. The molecule has 6 nitrogen and oxygen atoms in total. The van der Waals surface area contributed by atoms with Crippen LogP contribution in [-0.4, -0.2) is 27.9 Å². The molecule has 0 bridgehead atoms. The number of nitrogens with zero attached hydrogens (tertiary/aromatic N) is 1. The van der Waals surface area contributed by atoms with E-state index in [0.717, 1.165) is 5.92 Å². The monoisotopic (exact) mass is 815 g/mol. The Bertz CT molecular complexity index is 2000. The van der Waals surface area contributed by atoms with Crippen molar-refractivity contribution in [3.8, 4) is 0 Å². The summed E-state index contributed by atoms with van der Waals surface area (Å²) in [7, 11) is -0.210. The summed E-state index contributed by atoms with van der Waals surface area (Å²) in [5.74, 6) is 0.416. The molecule has 0 saturated carbocycles. The third kappa shape index (κ3) is 16.3. The Labute approximate surface area is 355 Å². The van der Waals surface area contributed by atoms with E-state index in [1.807, 2.05) is 27.7 Å². The minimum atomic E-state index is -0.532. The molecule has 0 aromatic heterocycles. The number of benzene rings is 5. The molecular weight excluding hydrogens is 750 g/mol. The quantitative estimate of drug-likeness (QED) is 0.0541. The van der Waals surface area contributed by atoms with E-state index in [0.29, 0.717) is 16.8 Å². The van der Waals surface area contributed by atoms with Gasteiger partial charge in [0.1, 0.15) is 0 Å². The van der Waals surface area contributed by atoms with E-state index in [9.17, 15) is 24.5 Å². The molecule has 0 N–H and O–H groups in total. The van der Waals surface area contributed by atoms with Crippen LogP contribution >= 0.6 is 7.92 Å². The summed E-state index contributed by atoms with van der Waals surface area (Å²) in [5, 5.41) is 13.5. The van der Waals surface area contributed by atoms with Gasteiger partial charge in [0.2, 0.25) is 0 Å². The maximum atomic E-state index is 11.8. The molecule has 0 radical (unpaired) electrons. The summed E-state index contributed by atoms with van der Waals surface area (Å²) in [4.78, 5) is 45.2. The van der Waals surface area contributed by atoms with Gasteiger partial charge in [0, 0.05) is 34.9 Å². The van der Waals surface area contributed by atoms with Crippen molar-refractivity contribution in [2.45, 2.75) is 102 Å². The summed E-state index contributed by atoms with van der Waals surface area (Å²) >= 11 is 0. The van der Waals surface area contributed by atoms with E-state index >= 15 is 0 Å². The lowest BCUT2D eigenvalue weighted by Crippen LogP contribution is -2.17. The topological polar surface area (TPSA) is 94.3 Å². The third-order valence-corrected chi connectivity index (χ3v) is 12.2. The van der Waals surface area contributed by atoms with Crippen molar-refractivity contribution in [1.82, 2.24) is 0 Å². The maximum absolute atomic E-state index is 11.8. The van der Waals surface area contributed by atoms with E-state index in [2.05, 4.69) is 121 Å². The van der Waals surface area contributed by atoms with Gasteiger partial charge >= 0.3 is 0 Å². The molecule has 7 heteroatoms. The van der Waals surface area contributed by atoms with E-state index < -0.39 is 4.92 Å². The van der Waals surface area contributed by atoms with Gasteiger partial charge in [-0.1, -0.05) is 178 Å². The van der Waals surface area contributed by atoms with E-state index in [1.54, 1.807) is 55.8 Å². The van der Waals surface area contributed by atoms with Crippen LogP contribution in [0.1, 0.15) is 123 Å². The summed E-state index contributed by atoms with van der Waals surface area (Å²) in [6.45, 7) is 26.7. The predicted molar refractivity (Wildman–Crippen MR) is 250 cm³/mol. The van der Waals surface area contributed by atoms with Crippen molar-refractivity contribution >= 4 is 41.6 Å². The highest BCUT2D eigenvalue weighted by Crippen LogP contribution is 2.38. The van der Waals surface area contributed by atoms with Crippen molar-refractivity contribution in [2.75, 3.05) is 0 Å². The number of carbonyl (C=O) groups is 3. The van der Waals surface area contributed by atoms with Crippen LogP contribution in [0.4, 0.5) is 5.69 Å². The van der Waals surface area contributed by atoms with E-state index in [-0.39, 0.29) is 54.3 Å². The van der Waals surface area contributed by atoms with Crippen LogP contribution in [0.25, 0.3) is 0 Å². The molecule has 0 spiro atoms. The Balaban J connectivity index is 0.000000272. The predicted octanol–water partition coefficient (Wildman–Crippen LogP) is 13.1. The van der Waals surface area contributed by atoms with Crippen LogP contribution in [-0.2, 0) is 6.42 Å². The molecule has 59 heavy (non-hydrogen) atoms. The third-order valence-electron chi connectivity index (χ3n) is 9.41. The fourth-order valence-electron chi connectivity index (χ4n) is 6.51. The molecule has 314 valence electrons. The highest BCUT2D eigenvalue weighted by molar-refractivity contribution is 7.73. The highest BCUT2D eigenvalue weighted by atomic mass is 31.1. The normalized spacial score (nSPS) is 10.8. The number of aryl methyl sites for hydroxylation is 3. The molecule has 0 atom stereocenters. The van der Waals surface area contributed by atoms with Crippen molar-refractivity contribution in [3.05, 3.63) is 170 Å². The molecule has 0 aliphatic heterocycles. The van der Waals surface area contributed by atoms with Crippen LogP contribution in [0.3, 0.4) is 0 Å². The minimum absolute atomic E-state index is 0.0376. The average molecular weight is 816 g/mol. The first-order valence-electron chi connectivity index (χ1n) is 20.7. The number of nitro groups is 1. The standard InChI is InChI=1S/C15H17P.C14H18O2.C13H20.C10H11NO3/c1-13(2)16(14-9-5-3-6-10-14)15-11-7-4-8-12-15;1-9(2)13(15)11-6-5-7-12(8-11)14(16)10(3)4;1-9(2)6-13-11(4)7-10(3)8-12(13)5;1-7(2)10(12)8-5-3-4-6-9(8)11(13)14/h3-13H,1-2H3;5-10H,1-4H3;7-9H,6H2,1-5H3;3-7H,1-2H3. The lowest BCUT2D eigenvalue weighted by Gasteiger charge is -2.22. The largest absolute Gasteiger partial charge is 0.294 e. The molecule has 5 rings (SSSR count). The summed E-state index contributed by atoms with van der Waals surface area (Å²) in [6.07, 6.45) is 1.21. The molecule has 0 saturated heterocycles. The number of hydrogen-bond acceptors (Lipinski definition) is 5. The zero-order valence-electron chi connectivity index (χ0n) is 37.6. The van der Waals surface area contributed by atoms with Crippen LogP contribution in [0.5, 0.6) is 0 Å². The van der Waals surface area contributed by atoms with Crippen LogP contribution in [0.15, 0.2) is 121 Å². The number of ketones is 3. The molecule has 0 fully saturated rings. The molecule has 5 aromatic carbocycles. The fraction of sp³-hybridized carbons (Fsp3) is 0.365. The number of hydrogen-bond donors (Lipinski definition) is 0. The van der Waals surface area contributed by atoms with Crippen LogP contribution < -0.4 is 10.6 Å². The first-order valence-corrected chi connectivity index (χ1v) is 22.1. The van der Waals surface area contributed by atoms with Gasteiger partial charge in [-0.15, -0.1) is 0 Å². The second kappa shape index (κ2) is 24.8.